The molecule has 0 spiro atoms. The second-order valence-electron chi connectivity index (χ2n) is 3.40. The van der Waals surface area contributed by atoms with Gasteiger partial charge in [-0.25, -0.2) is 4.98 Å². The zero-order valence-corrected chi connectivity index (χ0v) is 9.18. The van der Waals surface area contributed by atoms with Gasteiger partial charge in [0.1, 0.15) is 12.4 Å². The molecule has 90 valence electrons. The Labute approximate surface area is 96.9 Å². The third-order valence-corrected chi connectivity index (χ3v) is 2.27. The molecule has 0 fully saturated rings. The second kappa shape index (κ2) is 4.90. The monoisotopic (exact) mass is 239 g/mol. The minimum absolute atomic E-state index is 0.0100. The van der Waals surface area contributed by atoms with Crippen molar-refractivity contribution in [3.8, 4) is 5.75 Å². The molecule has 0 aliphatic carbocycles. The summed E-state index contributed by atoms with van der Waals surface area (Å²) in [7, 11) is 0. The van der Waals surface area contributed by atoms with E-state index in [1.165, 1.54) is 12.4 Å². The number of aryl methyl sites for hydroxylation is 1. The van der Waals surface area contributed by atoms with E-state index in [1.54, 1.807) is 25.3 Å². The quantitative estimate of drug-likeness (QED) is 0.823. The number of nitrogens with zero attached hydrogens (tertiary/aromatic N) is 3. The van der Waals surface area contributed by atoms with Crippen molar-refractivity contribution in [3.63, 3.8) is 0 Å². The zero-order valence-electron chi connectivity index (χ0n) is 9.18. The molecule has 2 heterocycles. The van der Waals surface area contributed by atoms with Crippen molar-refractivity contribution in [1.82, 2.24) is 14.5 Å². The Kier molecular flexibility index (Phi) is 3.32. The maximum atomic E-state index is 12.5. The summed E-state index contributed by atoms with van der Waals surface area (Å²) in [6, 6.07) is 3.46. The van der Waals surface area contributed by atoms with Crippen LogP contribution >= 0.6 is 0 Å². The highest BCUT2D eigenvalue weighted by Gasteiger charge is 2.12. The molecule has 2 aromatic rings. The first-order chi connectivity index (χ1) is 8.18. The van der Waals surface area contributed by atoms with Crippen molar-refractivity contribution in [2.45, 2.75) is 20.1 Å². The molecule has 0 aliphatic heterocycles. The van der Waals surface area contributed by atoms with Crippen LogP contribution in [0.3, 0.4) is 0 Å². The molecule has 2 aromatic heterocycles. The fourth-order valence-electron chi connectivity index (χ4n) is 1.40. The Morgan fingerprint density at radius 2 is 2.18 bits per heavy atom. The average molecular weight is 239 g/mol. The van der Waals surface area contributed by atoms with Gasteiger partial charge in [0.2, 0.25) is 0 Å². The minimum atomic E-state index is -2.61. The summed E-state index contributed by atoms with van der Waals surface area (Å²) in [6.07, 6.45) is 4.18. The minimum Gasteiger partial charge on any atom is -0.484 e. The van der Waals surface area contributed by atoms with Gasteiger partial charge < -0.3 is 4.74 Å². The Bertz CT molecular complexity index is 499. The average Bonchev–Trinajstić information content (AvgIpc) is 2.76. The number of hydrogen-bond acceptors (Lipinski definition) is 3. The first-order valence-corrected chi connectivity index (χ1v) is 5.03. The number of alkyl halides is 2. The highest BCUT2D eigenvalue weighted by molar-refractivity contribution is 5.25. The third kappa shape index (κ3) is 2.58. The molecule has 0 bridgehead atoms. The smallest absolute Gasteiger partial charge is 0.320 e. The molecule has 17 heavy (non-hydrogen) atoms. The summed E-state index contributed by atoms with van der Waals surface area (Å²) in [5, 5.41) is 0. The van der Waals surface area contributed by atoms with Gasteiger partial charge in [0.15, 0.2) is 5.82 Å². The van der Waals surface area contributed by atoms with Gasteiger partial charge in [0, 0.05) is 18.6 Å². The summed E-state index contributed by atoms with van der Waals surface area (Å²) in [5.74, 6) is 0.750. The molecule has 0 aromatic carbocycles. The topological polar surface area (TPSA) is 39.9 Å². The van der Waals surface area contributed by atoms with Crippen molar-refractivity contribution >= 4 is 0 Å². The summed E-state index contributed by atoms with van der Waals surface area (Å²) in [4.78, 5) is 7.86. The number of aromatic nitrogens is 3. The fraction of sp³-hybridized carbons (Fsp3) is 0.273. The van der Waals surface area contributed by atoms with Gasteiger partial charge in [-0.2, -0.15) is 8.78 Å². The Morgan fingerprint density at radius 1 is 1.35 bits per heavy atom. The number of hydrogen-bond donors (Lipinski definition) is 0. The SMILES string of the molecule is Cc1ncccc1OCc1nccn1C(F)F. The van der Waals surface area contributed by atoms with Gasteiger partial charge >= 0.3 is 6.55 Å². The van der Waals surface area contributed by atoms with Gasteiger partial charge in [0.05, 0.1) is 5.69 Å². The Balaban J connectivity index is 2.08. The maximum absolute atomic E-state index is 12.5. The van der Waals surface area contributed by atoms with E-state index in [0.29, 0.717) is 11.4 Å². The molecular formula is C11H11F2N3O. The highest BCUT2D eigenvalue weighted by atomic mass is 19.3. The van der Waals surface area contributed by atoms with Gasteiger partial charge in [-0.3, -0.25) is 9.55 Å². The number of halogens is 2. The molecule has 0 unspecified atom stereocenters. The molecule has 0 radical (unpaired) electrons. The predicted octanol–water partition coefficient (Wildman–Crippen LogP) is 2.56. The first-order valence-electron chi connectivity index (χ1n) is 5.03. The third-order valence-electron chi connectivity index (χ3n) is 2.27. The second-order valence-corrected chi connectivity index (χ2v) is 3.40. The van der Waals surface area contributed by atoms with Crippen LogP contribution < -0.4 is 4.74 Å². The molecule has 0 amide bonds. The van der Waals surface area contributed by atoms with E-state index < -0.39 is 6.55 Å². The van der Waals surface area contributed by atoms with Crippen LogP contribution in [0, 0.1) is 6.92 Å². The molecule has 2 rings (SSSR count). The summed E-state index contributed by atoms with van der Waals surface area (Å²) >= 11 is 0. The van der Waals surface area contributed by atoms with Gasteiger partial charge in [0.25, 0.3) is 0 Å². The van der Waals surface area contributed by atoms with Crippen LogP contribution in [0.1, 0.15) is 18.1 Å². The molecular weight excluding hydrogens is 228 g/mol. The van der Waals surface area contributed by atoms with E-state index in [9.17, 15) is 8.78 Å². The lowest BCUT2D eigenvalue weighted by atomic mass is 10.3. The lowest BCUT2D eigenvalue weighted by Crippen LogP contribution is -2.07. The number of imidazole rings is 1. The van der Waals surface area contributed by atoms with Crippen molar-refractivity contribution in [3.05, 3.63) is 42.2 Å². The van der Waals surface area contributed by atoms with Crippen LogP contribution in [-0.2, 0) is 6.61 Å². The van der Waals surface area contributed by atoms with Crippen LogP contribution in [0.25, 0.3) is 0 Å². The summed E-state index contributed by atoms with van der Waals surface area (Å²) in [6.45, 7) is -0.829. The van der Waals surface area contributed by atoms with Crippen LogP contribution in [0.5, 0.6) is 5.75 Å². The highest BCUT2D eigenvalue weighted by Crippen LogP contribution is 2.17. The molecule has 6 heteroatoms. The van der Waals surface area contributed by atoms with Crippen molar-refractivity contribution in [2.24, 2.45) is 0 Å². The Morgan fingerprint density at radius 3 is 2.88 bits per heavy atom. The van der Waals surface area contributed by atoms with Gasteiger partial charge in [-0.15, -0.1) is 0 Å². The number of ether oxygens (including phenoxy) is 1. The molecule has 0 saturated carbocycles. The largest absolute Gasteiger partial charge is 0.484 e. The van der Waals surface area contributed by atoms with Crippen molar-refractivity contribution < 1.29 is 13.5 Å². The summed E-state index contributed by atoms with van der Waals surface area (Å²) in [5.41, 5.74) is 0.711. The van der Waals surface area contributed by atoms with E-state index in [1.807, 2.05) is 0 Å². The Hall–Kier alpha value is -1.98. The molecule has 0 saturated heterocycles. The van der Waals surface area contributed by atoms with Crippen LogP contribution in [0.15, 0.2) is 30.7 Å². The maximum Gasteiger partial charge on any atom is 0.320 e. The van der Waals surface area contributed by atoms with Crippen LogP contribution in [0.4, 0.5) is 8.78 Å². The van der Waals surface area contributed by atoms with Gasteiger partial charge in [-0.1, -0.05) is 0 Å². The van der Waals surface area contributed by atoms with E-state index in [-0.39, 0.29) is 12.4 Å². The predicted molar refractivity (Wildman–Crippen MR) is 56.8 cm³/mol. The molecule has 0 aliphatic rings. The van der Waals surface area contributed by atoms with Crippen molar-refractivity contribution in [1.29, 1.82) is 0 Å². The van der Waals surface area contributed by atoms with E-state index >= 15 is 0 Å². The van der Waals surface area contributed by atoms with Crippen LogP contribution in [-0.4, -0.2) is 14.5 Å². The van der Waals surface area contributed by atoms with E-state index in [2.05, 4.69) is 9.97 Å². The first kappa shape index (κ1) is 11.5. The normalized spacial score (nSPS) is 10.8. The molecule has 0 N–H and O–H groups in total. The lowest BCUT2D eigenvalue weighted by molar-refractivity contribution is 0.0632. The number of rotatable bonds is 4. The summed E-state index contributed by atoms with van der Waals surface area (Å²) < 4.78 is 31.2. The van der Waals surface area contributed by atoms with Crippen molar-refractivity contribution in [2.75, 3.05) is 0 Å². The van der Waals surface area contributed by atoms with E-state index in [4.69, 9.17) is 4.74 Å². The molecule has 4 nitrogen and oxygen atoms in total. The molecule has 0 atom stereocenters. The standard InChI is InChI=1S/C11H11F2N3O/c1-8-9(3-2-4-14-8)17-7-10-15-5-6-16(10)11(12)13/h2-6,11H,7H2,1H3. The zero-order chi connectivity index (χ0) is 12.3. The van der Waals surface area contributed by atoms with E-state index in [0.717, 1.165) is 4.57 Å². The van der Waals surface area contributed by atoms with Gasteiger partial charge in [-0.05, 0) is 19.1 Å². The fourth-order valence-corrected chi connectivity index (χ4v) is 1.40. The lowest BCUT2D eigenvalue weighted by Gasteiger charge is -2.09. The number of pyridine rings is 1. The van der Waals surface area contributed by atoms with Crippen LogP contribution in [0.2, 0.25) is 0 Å².